The molecule has 1 aliphatic rings. The minimum atomic E-state index is -0.332. The van der Waals surface area contributed by atoms with Crippen LogP contribution in [0.2, 0.25) is 0 Å². The molecule has 0 bridgehead atoms. The van der Waals surface area contributed by atoms with Gasteiger partial charge in [0.2, 0.25) is 0 Å². The first-order valence-corrected chi connectivity index (χ1v) is 8.13. The minimum Gasteiger partial charge on any atom is -0.496 e. The molecule has 0 aliphatic carbocycles. The lowest BCUT2D eigenvalue weighted by molar-refractivity contribution is 0.0618. The van der Waals surface area contributed by atoms with Gasteiger partial charge in [0.15, 0.2) is 0 Å². The highest BCUT2D eigenvalue weighted by molar-refractivity contribution is 5.97. The van der Waals surface area contributed by atoms with E-state index in [0.29, 0.717) is 17.7 Å². The summed E-state index contributed by atoms with van der Waals surface area (Å²) in [6, 6.07) is 13.2. The number of hydrogen-bond acceptors (Lipinski definition) is 3. The molecule has 1 aliphatic heterocycles. The van der Waals surface area contributed by atoms with E-state index >= 15 is 0 Å². The molecule has 0 fully saturated rings. The Labute approximate surface area is 142 Å². The molecule has 1 N–H and O–H groups in total. The van der Waals surface area contributed by atoms with Gasteiger partial charge >= 0.3 is 0 Å². The molecule has 0 saturated carbocycles. The Morgan fingerprint density at radius 3 is 2.75 bits per heavy atom. The molecule has 4 heteroatoms. The first-order chi connectivity index (χ1) is 11.4. The number of nitrogens with one attached hydrogen (secondary N) is 1. The number of amides is 1. The molecule has 3 rings (SSSR count). The second-order valence-corrected chi connectivity index (χ2v) is 6.83. The summed E-state index contributed by atoms with van der Waals surface area (Å²) < 4.78 is 11.4. The molecular formula is C20H23NO3. The highest BCUT2D eigenvalue weighted by Gasteiger charge is 2.34. The second-order valence-electron chi connectivity index (χ2n) is 6.83. The summed E-state index contributed by atoms with van der Waals surface area (Å²) in [5, 5.41) is 3.15. The van der Waals surface area contributed by atoms with Gasteiger partial charge in [0.05, 0.1) is 18.7 Å². The standard InChI is InChI=1S/C20H23NO3/c1-13-9-10-18-15(11-13)16(12-20(2,3)24-18)21-19(22)14-7-5-6-8-17(14)23-4/h5-11,16H,12H2,1-4H3,(H,21,22)/t16-/m0/s1. The summed E-state index contributed by atoms with van der Waals surface area (Å²) in [6.45, 7) is 6.12. The van der Waals surface area contributed by atoms with Crippen molar-refractivity contribution in [3.05, 3.63) is 59.2 Å². The molecule has 0 radical (unpaired) electrons. The van der Waals surface area contributed by atoms with Gasteiger partial charge in [0, 0.05) is 12.0 Å². The molecule has 0 unspecified atom stereocenters. The Morgan fingerprint density at radius 1 is 1.25 bits per heavy atom. The maximum absolute atomic E-state index is 12.8. The molecule has 2 aromatic carbocycles. The van der Waals surface area contributed by atoms with E-state index in [4.69, 9.17) is 9.47 Å². The number of para-hydroxylation sites is 1. The quantitative estimate of drug-likeness (QED) is 0.926. The van der Waals surface area contributed by atoms with Crippen LogP contribution in [-0.4, -0.2) is 18.6 Å². The Kier molecular flexibility index (Phi) is 4.22. The Morgan fingerprint density at radius 2 is 2.00 bits per heavy atom. The predicted molar refractivity (Wildman–Crippen MR) is 93.7 cm³/mol. The van der Waals surface area contributed by atoms with Crippen molar-refractivity contribution in [1.29, 1.82) is 0 Å². The van der Waals surface area contributed by atoms with Gasteiger partial charge in [-0.05, 0) is 39.0 Å². The normalized spacial score (nSPS) is 18.2. The van der Waals surface area contributed by atoms with Crippen molar-refractivity contribution >= 4 is 5.91 Å². The van der Waals surface area contributed by atoms with Crippen LogP contribution < -0.4 is 14.8 Å². The summed E-state index contributed by atoms with van der Waals surface area (Å²) in [6.07, 6.45) is 0.713. The number of ether oxygens (including phenoxy) is 2. The van der Waals surface area contributed by atoms with E-state index in [1.54, 1.807) is 19.2 Å². The molecule has 24 heavy (non-hydrogen) atoms. The van der Waals surface area contributed by atoms with E-state index in [2.05, 4.69) is 11.4 Å². The Bertz CT molecular complexity index is 767. The number of carbonyl (C=O) groups excluding carboxylic acids is 1. The number of hydrogen-bond donors (Lipinski definition) is 1. The van der Waals surface area contributed by atoms with Crippen LogP contribution >= 0.6 is 0 Å². The summed E-state index contributed by atoms with van der Waals surface area (Å²) in [5.41, 5.74) is 2.38. The molecule has 126 valence electrons. The SMILES string of the molecule is COc1ccccc1C(=O)N[C@H]1CC(C)(C)Oc2ccc(C)cc21. The lowest BCUT2D eigenvalue weighted by Gasteiger charge is -2.38. The van der Waals surface area contributed by atoms with Crippen LogP contribution in [0.1, 0.15) is 47.8 Å². The van der Waals surface area contributed by atoms with Crippen LogP contribution in [0.4, 0.5) is 0 Å². The minimum absolute atomic E-state index is 0.0962. The third kappa shape index (κ3) is 3.23. The maximum atomic E-state index is 12.8. The average Bonchev–Trinajstić information content (AvgIpc) is 2.54. The Hall–Kier alpha value is -2.49. The van der Waals surface area contributed by atoms with Gasteiger partial charge in [-0.2, -0.15) is 0 Å². The van der Waals surface area contributed by atoms with Crippen LogP contribution in [0.3, 0.4) is 0 Å². The topological polar surface area (TPSA) is 47.6 Å². The van der Waals surface area contributed by atoms with Crippen molar-refractivity contribution in [2.75, 3.05) is 7.11 Å². The van der Waals surface area contributed by atoms with Crippen LogP contribution in [0.15, 0.2) is 42.5 Å². The van der Waals surface area contributed by atoms with E-state index in [1.807, 2.05) is 45.0 Å². The summed E-state index contributed by atoms with van der Waals surface area (Å²) in [4.78, 5) is 12.8. The largest absolute Gasteiger partial charge is 0.496 e. The van der Waals surface area contributed by atoms with Crippen molar-refractivity contribution in [2.24, 2.45) is 0 Å². The van der Waals surface area contributed by atoms with Gasteiger partial charge in [-0.3, -0.25) is 4.79 Å². The molecule has 1 atom stereocenters. The van der Waals surface area contributed by atoms with E-state index < -0.39 is 0 Å². The lowest BCUT2D eigenvalue weighted by Crippen LogP contribution is -2.41. The molecule has 1 amide bonds. The maximum Gasteiger partial charge on any atom is 0.255 e. The first-order valence-electron chi connectivity index (χ1n) is 8.13. The second kappa shape index (κ2) is 6.19. The number of aryl methyl sites for hydroxylation is 1. The van der Waals surface area contributed by atoms with Crippen molar-refractivity contribution in [3.63, 3.8) is 0 Å². The zero-order chi connectivity index (χ0) is 17.3. The number of benzene rings is 2. The Balaban J connectivity index is 1.92. The fraction of sp³-hybridized carbons (Fsp3) is 0.350. The van der Waals surface area contributed by atoms with Crippen molar-refractivity contribution in [3.8, 4) is 11.5 Å². The highest BCUT2D eigenvalue weighted by atomic mass is 16.5. The molecule has 4 nitrogen and oxygen atoms in total. The van der Waals surface area contributed by atoms with Gasteiger partial charge in [-0.1, -0.05) is 29.8 Å². The molecular weight excluding hydrogens is 302 g/mol. The summed E-state index contributed by atoms with van der Waals surface area (Å²) >= 11 is 0. The fourth-order valence-electron chi connectivity index (χ4n) is 3.17. The van der Waals surface area contributed by atoms with Gasteiger partial charge in [0.25, 0.3) is 5.91 Å². The zero-order valence-electron chi connectivity index (χ0n) is 14.6. The number of fused-ring (bicyclic) bond motifs is 1. The number of carbonyl (C=O) groups is 1. The fourth-order valence-corrected chi connectivity index (χ4v) is 3.17. The zero-order valence-corrected chi connectivity index (χ0v) is 14.6. The highest BCUT2D eigenvalue weighted by Crippen LogP contribution is 2.40. The molecule has 0 spiro atoms. The van der Waals surface area contributed by atoms with Crippen LogP contribution in [0.25, 0.3) is 0 Å². The monoisotopic (exact) mass is 325 g/mol. The van der Waals surface area contributed by atoms with Crippen LogP contribution in [0.5, 0.6) is 11.5 Å². The van der Waals surface area contributed by atoms with E-state index in [9.17, 15) is 4.79 Å². The van der Waals surface area contributed by atoms with Gasteiger partial charge in [-0.25, -0.2) is 0 Å². The van der Waals surface area contributed by atoms with Gasteiger partial charge in [0.1, 0.15) is 17.1 Å². The van der Waals surface area contributed by atoms with E-state index in [1.165, 1.54) is 0 Å². The smallest absolute Gasteiger partial charge is 0.255 e. The van der Waals surface area contributed by atoms with Crippen molar-refractivity contribution < 1.29 is 14.3 Å². The van der Waals surface area contributed by atoms with E-state index in [-0.39, 0.29) is 17.6 Å². The first kappa shape index (κ1) is 16.4. The van der Waals surface area contributed by atoms with Crippen LogP contribution in [0, 0.1) is 6.92 Å². The predicted octanol–water partition coefficient (Wildman–Crippen LogP) is 4.04. The average molecular weight is 325 g/mol. The third-order valence-corrected chi connectivity index (χ3v) is 4.28. The third-order valence-electron chi connectivity index (χ3n) is 4.28. The van der Waals surface area contributed by atoms with E-state index in [0.717, 1.165) is 16.9 Å². The van der Waals surface area contributed by atoms with Gasteiger partial charge in [-0.15, -0.1) is 0 Å². The summed E-state index contributed by atoms with van der Waals surface area (Å²) in [5.74, 6) is 1.27. The molecule has 1 heterocycles. The lowest BCUT2D eigenvalue weighted by atomic mass is 9.88. The molecule has 2 aromatic rings. The summed E-state index contributed by atoms with van der Waals surface area (Å²) in [7, 11) is 1.57. The van der Waals surface area contributed by atoms with Crippen LogP contribution in [-0.2, 0) is 0 Å². The van der Waals surface area contributed by atoms with Crippen molar-refractivity contribution in [2.45, 2.75) is 38.8 Å². The number of rotatable bonds is 3. The molecule has 0 aromatic heterocycles. The van der Waals surface area contributed by atoms with Gasteiger partial charge < -0.3 is 14.8 Å². The molecule has 0 saturated heterocycles. The van der Waals surface area contributed by atoms with Crippen molar-refractivity contribution in [1.82, 2.24) is 5.32 Å². The number of methoxy groups -OCH3 is 1.